The zero-order valence-corrected chi connectivity index (χ0v) is 29.3. The minimum absolute atomic E-state index is 0.0388. The van der Waals surface area contributed by atoms with Gasteiger partial charge in [0, 0.05) is 29.3 Å². The number of carbonyl (C=O) groups excluding carboxylic acids is 5. The van der Waals surface area contributed by atoms with Crippen molar-refractivity contribution in [1.29, 1.82) is 0 Å². The number of H-pyrrole nitrogens is 1. The SMILES string of the molecule is CC(=O)N(C(=O)[C@@H](N)CCC(N)=O)c1ccc(-c2ccc(CN(C(=O)C(N)c3ccc(O)cc3)[C@@H]3C(=O)N4[C@@H]3SC(C)(C)[C@@H]4C(=O)O)c(=O)[nH]2)cc1. The average molecular weight is 734 g/mol. The van der Waals surface area contributed by atoms with Gasteiger partial charge < -0.3 is 42.2 Å². The summed E-state index contributed by atoms with van der Waals surface area (Å²) in [6.45, 7) is 4.28. The van der Waals surface area contributed by atoms with E-state index in [4.69, 9.17) is 17.2 Å². The Kier molecular flexibility index (Phi) is 10.6. The van der Waals surface area contributed by atoms with Gasteiger partial charge >= 0.3 is 5.97 Å². The smallest absolute Gasteiger partial charge is 0.327 e. The molecule has 9 N–H and O–H groups in total. The van der Waals surface area contributed by atoms with E-state index in [-0.39, 0.29) is 36.4 Å². The molecule has 0 aliphatic carbocycles. The Morgan fingerprint density at radius 1 is 0.962 bits per heavy atom. The minimum atomic E-state index is -1.27. The van der Waals surface area contributed by atoms with Crippen LogP contribution in [0.2, 0.25) is 0 Å². The first-order chi connectivity index (χ1) is 24.4. The lowest BCUT2D eigenvalue weighted by Crippen LogP contribution is -2.71. The lowest BCUT2D eigenvalue weighted by atomic mass is 9.94. The number of carboxylic acid groups (broad SMARTS) is 1. The van der Waals surface area contributed by atoms with Crippen LogP contribution in [0.5, 0.6) is 5.75 Å². The molecule has 0 radical (unpaired) electrons. The largest absolute Gasteiger partial charge is 0.508 e. The Morgan fingerprint density at radius 2 is 1.60 bits per heavy atom. The van der Waals surface area contributed by atoms with Gasteiger partial charge in [-0.2, -0.15) is 0 Å². The van der Waals surface area contributed by atoms with Gasteiger partial charge in [-0.1, -0.05) is 24.3 Å². The predicted octanol–water partition coefficient (Wildman–Crippen LogP) is 0.764. The van der Waals surface area contributed by atoms with Gasteiger partial charge in [0.2, 0.25) is 23.6 Å². The van der Waals surface area contributed by atoms with Crippen molar-refractivity contribution in [1.82, 2.24) is 14.8 Å². The normalized spacial score (nSPS) is 19.9. The first kappa shape index (κ1) is 37.7. The molecule has 2 fully saturated rings. The number of anilines is 1. The van der Waals surface area contributed by atoms with Gasteiger partial charge in [-0.3, -0.25) is 28.8 Å². The summed E-state index contributed by atoms with van der Waals surface area (Å²) < 4.78 is -0.866. The van der Waals surface area contributed by atoms with E-state index >= 15 is 0 Å². The summed E-state index contributed by atoms with van der Waals surface area (Å²) in [5, 5.41) is 18.9. The number of carboxylic acids is 1. The number of fused-ring (bicyclic) bond motifs is 1. The van der Waals surface area contributed by atoms with Crippen molar-refractivity contribution in [3.8, 4) is 17.0 Å². The number of amides is 5. The zero-order chi connectivity index (χ0) is 38.2. The number of thioether (sulfide) groups is 1. The molecule has 5 amide bonds. The maximum absolute atomic E-state index is 14.0. The van der Waals surface area contributed by atoms with Crippen molar-refractivity contribution in [2.75, 3.05) is 4.90 Å². The topological polar surface area (TPSA) is 264 Å². The number of benzene rings is 2. The Hall–Kier alpha value is -5.52. The van der Waals surface area contributed by atoms with E-state index in [2.05, 4.69) is 4.98 Å². The van der Waals surface area contributed by atoms with E-state index in [9.17, 15) is 43.8 Å². The fraction of sp³-hybridized carbons (Fsp3) is 0.343. The molecule has 5 rings (SSSR count). The van der Waals surface area contributed by atoms with E-state index in [1.54, 1.807) is 32.0 Å². The minimum Gasteiger partial charge on any atom is -0.508 e. The molecular weight excluding hydrogens is 694 g/mol. The quantitative estimate of drug-likeness (QED) is 0.141. The van der Waals surface area contributed by atoms with Crippen molar-refractivity contribution in [3.63, 3.8) is 0 Å². The van der Waals surface area contributed by atoms with Crippen LogP contribution in [0.25, 0.3) is 11.3 Å². The molecule has 0 saturated carbocycles. The average Bonchev–Trinajstić information content (AvgIpc) is 3.34. The molecule has 274 valence electrons. The summed E-state index contributed by atoms with van der Waals surface area (Å²) in [5.74, 6) is -4.42. The van der Waals surface area contributed by atoms with Crippen LogP contribution in [0.3, 0.4) is 0 Å². The lowest BCUT2D eigenvalue weighted by molar-refractivity contribution is -0.169. The van der Waals surface area contributed by atoms with E-state index in [1.165, 1.54) is 71.0 Å². The van der Waals surface area contributed by atoms with Gasteiger partial charge in [0.05, 0.1) is 18.3 Å². The molecule has 52 heavy (non-hydrogen) atoms. The van der Waals surface area contributed by atoms with E-state index in [0.717, 1.165) is 4.90 Å². The van der Waals surface area contributed by atoms with Crippen LogP contribution in [0.1, 0.15) is 50.8 Å². The van der Waals surface area contributed by atoms with Gasteiger partial charge in [0.1, 0.15) is 29.2 Å². The Bertz CT molecular complexity index is 1980. The van der Waals surface area contributed by atoms with Crippen LogP contribution in [0.15, 0.2) is 65.5 Å². The Labute approximate surface area is 301 Å². The summed E-state index contributed by atoms with van der Waals surface area (Å²) in [6.07, 6.45) is -0.167. The fourth-order valence-electron chi connectivity index (χ4n) is 6.42. The number of primary amides is 1. The first-order valence-electron chi connectivity index (χ1n) is 16.2. The summed E-state index contributed by atoms with van der Waals surface area (Å²) in [7, 11) is 0. The number of hydrogen-bond donors (Lipinski definition) is 6. The van der Waals surface area contributed by atoms with Crippen LogP contribution in [-0.4, -0.2) is 88.7 Å². The third-order valence-electron chi connectivity index (χ3n) is 9.11. The monoisotopic (exact) mass is 733 g/mol. The molecule has 2 aliphatic heterocycles. The molecule has 2 aromatic carbocycles. The fourth-order valence-corrected chi connectivity index (χ4v) is 8.11. The van der Waals surface area contributed by atoms with Crippen molar-refractivity contribution >= 4 is 53.0 Å². The summed E-state index contributed by atoms with van der Waals surface area (Å²) >= 11 is 1.25. The summed E-state index contributed by atoms with van der Waals surface area (Å²) in [5.41, 5.74) is 18.4. The van der Waals surface area contributed by atoms with Gasteiger partial charge in [-0.15, -0.1) is 11.8 Å². The van der Waals surface area contributed by atoms with Crippen LogP contribution in [-0.2, 0) is 35.3 Å². The number of nitrogens with one attached hydrogen (secondary N) is 1. The molecule has 2 aliphatic rings. The van der Waals surface area contributed by atoms with Gasteiger partial charge in [0.15, 0.2) is 0 Å². The molecule has 1 aromatic heterocycles. The molecule has 3 aromatic rings. The summed E-state index contributed by atoms with van der Waals surface area (Å²) in [6, 6.07) is 10.2. The maximum atomic E-state index is 14.0. The molecule has 1 unspecified atom stereocenters. The zero-order valence-electron chi connectivity index (χ0n) is 28.5. The van der Waals surface area contributed by atoms with Gasteiger partial charge in [-0.05, 0) is 67.8 Å². The number of rotatable bonds is 12. The maximum Gasteiger partial charge on any atom is 0.327 e. The van der Waals surface area contributed by atoms with Gasteiger partial charge in [0.25, 0.3) is 11.5 Å². The first-order valence-corrected chi connectivity index (χ1v) is 17.1. The number of nitrogens with zero attached hydrogens (tertiary/aromatic N) is 3. The highest BCUT2D eigenvalue weighted by Gasteiger charge is 2.66. The number of imide groups is 1. The Morgan fingerprint density at radius 3 is 2.15 bits per heavy atom. The highest BCUT2D eigenvalue weighted by atomic mass is 32.2. The van der Waals surface area contributed by atoms with Crippen LogP contribution in [0, 0.1) is 0 Å². The highest BCUT2D eigenvalue weighted by molar-refractivity contribution is 8.01. The predicted molar refractivity (Wildman–Crippen MR) is 190 cm³/mol. The van der Waals surface area contributed by atoms with Crippen molar-refractivity contribution in [3.05, 3.63) is 82.1 Å². The standard InChI is InChI=1S/C35H39N7O9S/c1-17(43)41(30(47)23(36)13-15-25(37)45)21-9-4-18(5-10-21)24-14-8-20(29(46)39-24)16-40(31(48)26(38)19-6-11-22(44)12-7-19)27-32(49)42-28(34(50)51)35(2,3)52-33(27)42/h4-12,14,23,26-28,33,44H,13,15-16,36,38H2,1-3H3,(H2,37,45)(H,39,46)(H,50,51)/t23-,26?,27+,28-,33+/m0/s1. The van der Waals surface area contributed by atoms with E-state index in [1.807, 2.05) is 0 Å². The molecule has 16 nitrogen and oxygen atoms in total. The van der Waals surface area contributed by atoms with E-state index < -0.39 is 75.4 Å². The van der Waals surface area contributed by atoms with Crippen molar-refractivity contribution in [2.24, 2.45) is 17.2 Å². The van der Waals surface area contributed by atoms with E-state index in [0.29, 0.717) is 16.8 Å². The molecule has 3 heterocycles. The number of phenolic OH excluding ortho intramolecular Hbond substituents is 1. The third kappa shape index (κ3) is 7.28. The summed E-state index contributed by atoms with van der Waals surface area (Å²) in [4.78, 5) is 95.8. The van der Waals surface area contributed by atoms with Crippen molar-refractivity contribution in [2.45, 2.75) is 74.4 Å². The number of carbonyl (C=O) groups is 6. The number of β-lactam (4-membered cyclic amide) rings is 1. The molecule has 5 atom stereocenters. The van der Waals surface area contributed by atoms with Crippen LogP contribution >= 0.6 is 11.8 Å². The number of aliphatic carboxylic acids is 1. The number of aromatic hydroxyl groups is 1. The molecular formula is C35H39N7O9S. The van der Waals surface area contributed by atoms with Crippen LogP contribution < -0.4 is 27.7 Å². The number of aromatic amines is 1. The van der Waals surface area contributed by atoms with Gasteiger partial charge in [-0.25, -0.2) is 9.69 Å². The number of aromatic nitrogens is 1. The molecule has 0 spiro atoms. The van der Waals surface area contributed by atoms with Crippen LogP contribution in [0.4, 0.5) is 5.69 Å². The molecule has 0 bridgehead atoms. The molecule has 17 heteroatoms. The Balaban J connectivity index is 1.41. The highest BCUT2D eigenvalue weighted by Crippen LogP contribution is 2.52. The molecule has 2 saturated heterocycles. The lowest BCUT2D eigenvalue weighted by Gasteiger charge is -2.48. The second-order valence-corrected chi connectivity index (χ2v) is 14.9. The number of nitrogens with two attached hydrogens (primary N) is 3. The number of hydrogen-bond acceptors (Lipinski definition) is 11. The van der Waals surface area contributed by atoms with Crippen molar-refractivity contribution < 1.29 is 39.0 Å². The second-order valence-electron chi connectivity index (χ2n) is 13.2. The third-order valence-corrected chi connectivity index (χ3v) is 10.7. The number of pyridine rings is 1. The second kappa shape index (κ2) is 14.6. The number of phenols is 1.